The van der Waals surface area contributed by atoms with Crippen molar-refractivity contribution in [3.8, 4) is 6.07 Å². The predicted molar refractivity (Wildman–Crippen MR) is 60.7 cm³/mol. The molecule has 0 aliphatic rings. The van der Waals surface area contributed by atoms with E-state index in [0.29, 0.717) is 19.5 Å². The average molecular weight is 232 g/mol. The minimum Gasteiger partial charge on any atom is -0.339 e. The fourth-order valence-electron chi connectivity index (χ4n) is 1.09. The highest BCUT2D eigenvalue weighted by atomic mass is 35.5. The molecular weight excluding hydrogens is 214 g/mol. The van der Waals surface area contributed by atoms with Gasteiger partial charge < -0.3 is 9.80 Å². The van der Waals surface area contributed by atoms with Crippen molar-refractivity contribution in [3.05, 3.63) is 0 Å². The molecule has 0 fully saturated rings. The maximum absolute atomic E-state index is 11.6. The van der Waals surface area contributed by atoms with Crippen molar-refractivity contribution < 1.29 is 4.79 Å². The second-order valence-corrected chi connectivity index (χ2v) is 4.31. The minimum atomic E-state index is -0.522. The number of rotatable bonds is 6. The number of likely N-dealkylation sites (N-methyl/N-ethyl adjacent to an activating group) is 1. The van der Waals surface area contributed by atoms with Gasteiger partial charge in [-0.15, -0.1) is 11.6 Å². The lowest BCUT2D eigenvalue weighted by atomic mass is 10.3. The highest BCUT2D eigenvalue weighted by Crippen LogP contribution is 2.02. The van der Waals surface area contributed by atoms with Gasteiger partial charge in [0.1, 0.15) is 5.38 Å². The first-order valence-electron chi connectivity index (χ1n) is 4.93. The number of carbonyl (C=O) groups is 1. The smallest absolute Gasteiger partial charge is 0.240 e. The van der Waals surface area contributed by atoms with E-state index in [9.17, 15) is 4.79 Å². The molecule has 0 aliphatic heterocycles. The molecule has 0 radical (unpaired) electrons. The second kappa shape index (κ2) is 7.49. The average Bonchev–Trinajstić information content (AvgIpc) is 2.16. The Bertz CT molecular complexity index is 235. The molecule has 0 spiro atoms. The maximum atomic E-state index is 11.6. The molecule has 0 bridgehead atoms. The summed E-state index contributed by atoms with van der Waals surface area (Å²) in [5.41, 5.74) is 0. The Morgan fingerprint density at radius 1 is 1.40 bits per heavy atom. The van der Waals surface area contributed by atoms with Crippen LogP contribution < -0.4 is 0 Å². The Morgan fingerprint density at radius 3 is 2.40 bits per heavy atom. The molecular formula is C10H18ClN3O. The topological polar surface area (TPSA) is 47.3 Å². The van der Waals surface area contributed by atoms with E-state index in [0.717, 1.165) is 6.54 Å². The van der Waals surface area contributed by atoms with Crippen LogP contribution in [0.2, 0.25) is 0 Å². The molecule has 86 valence electrons. The van der Waals surface area contributed by atoms with Crippen LogP contribution >= 0.6 is 11.6 Å². The molecule has 15 heavy (non-hydrogen) atoms. The largest absolute Gasteiger partial charge is 0.339 e. The summed E-state index contributed by atoms with van der Waals surface area (Å²) < 4.78 is 0. The van der Waals surface area contributed by atoms with E-state index < -0.39 is 5.38 Å². The fraction of sp³-hybridized carbons (Fsp3) is 0.800. The van der Waals surface area contributed by atoms with Gasteiger partial charge in [0.25, 0.3) is 0 Å². The van der Waals surface area contributed by atoms with Crippen LogP contribution in [0.15, 0.2) is 0 Å². The van der Waals surface area contributed by atoms with Gasteiger partial charge in [-0.25, -0.2) is 0 Å². The van der Waals surface area contributed by atoms with Crippen molar-refractivity contribution in [2.45, 2.75) is 18.7 Å². The zero-order valence-corrected chi connectivity index (χ0v) is 10.3. The highest BCUT2D eigenvalue weighted by Gasteiger charge is 2.17. The Labute approximate surface area is 96.4 Å². The minimum absolute atomic E-state index is 0.103. The molecule has 1 amide bonds. The van der Waals surface area contributed by atoms with Gasteiger partial charge in [0.2, 0.25) is 5.91 Å². The monoisotopic (exact) mass is 231 g/mol. The number of nitrogens with zero attached hydrogens (tertiary/aromatic N) is 3. The zero-order chi connectivity index (χ0) is 11.8. The van der Waals surface area contributed by atoms with Crippen LogP contribution in [0.3, 0.4) is 0 Å². The van der Waals surface area contributed by atoms with E-state index in [-0.39, 0.29) is 5.91 Å². The van der Waals surface area contributed by atoms with Crippen LogP contribution in [0.1, 0.15) is 13.3 Å². The third-order valence-electron chi connectivity index (χ3n) is 1.96. The molecule has 4 nitrogen and oxygen atoms in total. The Kier molecular flexibility index (Phi) is 7.10. The summed E-state index contributed by atoms with van der Waals surface area (Å²) in [5.74, 6) is -0.103. The molecule has 1 unspecified atom stereocenters. The summed E-state index contributed by atoms with van der Waals surface area (Å²) in [5, 5.41) is 7.96. The van der Waals surface area contributed by atoms with Gasteiger partial charge in [0.05, 0.1) is 12.5 Å². The van der Waals surface area contributed by atoms with Gasteiger partial charge in [-0.05, 0) is 21.0 Å². The van der Waals surface area contributed by atoms with Crippen LogP contribution in [0.25, 0.3) is 0 Å². The fourth-order valence-corrected chi connectivity index (χ4v) is 1.23. The number of hydrogen-bond acceptors (Lipinski definition) is 3. The number of halogens is 1. The first-order chi connectivity index (χ1) is 6.99. The molecule has 0 saturated heterocycles. The summed E-state index contributed by atoms with van der Waals surface area (Å²) in [7, 11) is 3.88. The van der Waals surface area contributed by atoms with Gasteiger partial charge in [-0.1, -0.05) is 0 Å². The molecule has 0 saturated carbocycles. The van der Waals surface area contributed by atoms with Crippen LogP contribution in [0.4, 0.5) is 0 Å². The lowest BCUT2D eigenvalue weighted by Crippen LogP contribution is -2.40. The Morgan fingerprint density at radius 2 is 2.00 bits per heavy atom. The number of alkyl halides is 1. The summed E-state index contributed by atoms with van der Waals surface area (Å²) in [6.45, 7) is 3.50. The summed E-state index contributed by atoms with van der Waals surface area (Å²) in [6.07, 6.45) is 0.350. The van der Waals surface area contributed by atoms with Crippen molar-refractivity contribution in [3.63, 3.8) is 0 Å². The normalized spacial score (nSPS) is 12.3. The van der Waals surface area contributed by atoms with Crippen LogP contribution in [0, 0.1) is 11.3 Å². The third-order valence-corrected chi connectivity index (χ3v) is 2.15. The Hall–Kier alpha value is -0.790. The van der Waals surface area contributed by atoms with Crippen molar-refractivity contribution in [1.29, 1.82) is 5.26 Å². The van der Waals surface area contributed by atoms with Gasteiger partial charge in [-0.2, -0.15) is 5.26 Å². The number of hydrogen-bond donors (Lipinski definition) is 0. The number of amides is 1. The van der Waals surface area contributed by atoms with E-state index in [4.69, 9.17) is 16.9 Å². The van der Waals surface area contributed by atoms with Crippen LogP contribution in [-0.2, 0) is 4.79 Å². The van der Waals surface area contributed by atoms with Crippen molar-refractivity contribution in [1.82, 2.24) is 9.80 Å². The SMILES string of the molecule is CC(Cl)C(=O)N(CCC#N)CCN(C)C. The molecule has 0 N–H and O–H groups in total. The zero-order valence-electron chi connectivity index (χ0n) is 9.53. The molecule has 0 aromatic rings. The van der Waals surface area contributed by atoms with Gasteiger partial charge in [0, 0.05) is 19.6 Å². The lowest BCUT2D eigenvalue weighted by molar-refractivity contribution is -0.130. The van der Waals surface area contributed by atoms with Gasteiger partial charge in [-0.3, -0.25) is 4.79 Å². The first-order valence-corrected chi connectivity index (χ1v) is 5.37. The summed E-state index contributed by atoms with van der Waals surface area (Å²) >= 11 is 5.73. The van der Waals surface area contributed by atoms with Gasteiger partial charge in [0.15, 0.2) is 0 Å². The highest BCUT2D eigenvalue weighted by molar-refractivity contribution is 6.30. The van der Waals surface area contributed by atoms with E-state index in [1.54, 1.807) is 11.8 Å². The Balaban J connectivity index is 4.18. The van der Waals surface area contributed by atoms with Crippen molar-refractivity contribution in [2.75, 3.05) is 33.7 Å². The summed E-state index contributed by atoms with van der Waals surface area (Å²) in [4.78, 5) is 15.3. The molecule has 5 heteroatoms. The van der Waals surface area contributed by atoms with Gasteiger partial charge >= 0.3 is 0 Å². The third kappa shape index (κ3) is 6.32. The molecule has 0 aromatic heterocycles. The molecule has 0 aliphatic carbocycles. The standard InChI is InChI=1S/C10H18ClN3O/c1-9(11)10(15)14(6-4-5-12)8-7-13(2)3/h9H,4,6-8H2,1-3H3. The quantitative estimate of drug-likeness (QED) is 0.639. The second-order valence-electron chi connectivity index (χ2n) is 3.65. The maximum Gasteiger partial charge on any atom is 0.240 e. The lowest BCUT2D eigenvalue weighted by Gasteiger charge is -2.24. The van der Waals surface area contributed by atoms with Crippen molar-refractivity contribution in [2.24, 2.45) is 0 Å². The van der Waals surface area contributed by atoms with Crippen LogP contribution in [-0.4, -0.2) is 54.8 Å². The van der Waals surface area contributed by atoms with E-state index in [1.165, 1.54) is 0 Å². The van der Waals surface area contributed by atoms with Crippen LogP contribution in [0.5, 0.6) is 0 Å². The van der Waals surface area contributed by atoms with E-state index in [1.807, 2.05) is 25.1 Å². The van der Waals surface area contributed by atoms with E-state index >= 15 is 0 Å². The molecule has 0 aromatic carbocycles. The molecule has 0 heterocycles. The molecule has 0 rings (SSSR count). The molecule has 1 atom stereocenters. The first kappa shape index (κ1) is 14.2. The number of carbonyl (C=O) groups excluding carboxylic acids is 1. The number of nitriles is 1. The van der Waals surface area contributed by atoms with E-state index in [2.05, 4.69) is 0 Å². The summed E-state index contributed by atoms with van der Waals surface area (Å²) in [6, 6.07) is 2.03. The predicted octanol–water partition coefficient (Wildman–Crippen LogP) is 0.918. The van der Waals surface area contributed by atoms with Crippen molar-refractivity contribution >= 4 is 17.5 Å².